The fourth-order valence-electron chi connectivity index (χ4n) is 5.72. The number of nitrogens with one attached hydrogen (secondary N) is 1. The van der Waals surface area contributed by atoms with Crippen molar-refractivity contribution in [1.29, 1.82) is 0 Å². The van der Waals surface area contributed by atoms with E-state index in [9.17, 15) is 9.90 Å². The molecule has 2 N–H and O–H groups in total. The highest BCUT2D eigenvalue weighted by Gasteiger charge is 2.25. The van der Waals surface area contributed by atoms with Gasteiger partial charge in [-0.05, 0) is 92.2 Å². The average molecular weight is 500 g/mol. The SMILES string of the molecule is CCC(Oc1ccc2cc(-c3nn([C@@H]4CCCCO4)c4ccc(C(=O)O)cc34)ccc2c1)C1CCCN1. The smallest absolute Gasteiger partial charge is 0.335 e. The molecule has 1 aromatic heterocycles. The summed E-state index contributed by atoms with van der Waals surface area (Å²) in [6.45, 7) is 3.95. The van der Waals surface area contributed by atoms with E-state index in [4.69, 9.17) is 14.6 Å². The van der Waals surface area contributed by atoms with Crippen LogP contribution in [0.2, 0.25) is 0 Å². The van der Waals surface area contributed by atoms with Crippen LogP contribution in [0.15, 0.2) is 54.6 Å². The quantitative estimate of drug-likeness (QED) is 0.317. The summed E-state index contributed by atoms with van der Waals surface area (Å²) in [6.07, 6.45) is 6.40. The second-order valence-corrected chi connectivity index (χ2v) is 10.1. The zero-order valence-corrected chi connectivity index (χ0v) is 21.2. The number of aromatic nitrogens is 2. The molecule has 2 unspecified atom stereocenters. The van der Waals surface area contributed by atoms with Gasteiger partial charge in [-0.3, -0.25) is 0 Å². The van der Waals surface area contributed by atoms with Crippen molar-refractivity contribution in [3.8, 4) is 17.0 Å². The molecule has 3 aromatic carbocycles. The van der Waals surface area contributed by atoms with Crippen LogP contribution in [0.1, 0.15) is 62.0 Å². The first-order chi connectivity index (χ1) is 18.1. The molecule has 0 bridgehead atoms. The standard InChI is InChI=1S/C30H33N3O4/c1-2-27(25-6-5-14-31-25)37-23-12-10-19-16-21(9-8-20(19)17-23)29-24-18-22(30(34)35)11-13-26(24)33(32-29)28-7-3-4-15-36-28/h8-13,16-18,25,27-28,31H,2-7,14-15H2,1H3,(H,34,35)/t25?,27?,28-/m0/s1. The molecule has 7 nitrogen and oxygen atoms in total. The lowest BCUT2D eigenvalue weighted by Gasteiger charge is -2.24. The fraction of sp³-hybridized carbons (Fsp3) is 0.400. The van der Waals surface area contributed by atoms with Crippen molar-refractivity contribution in [2.24, 2.45) is 0 Å². The molecule has 192 valence electrons. The summed E-state index contributed by atoms with van der Waals surface area (Å²) in [6, 6.07) is 18.1. The van der Waals surface area contributed by atoms with E-state index in [0.29, 0.717) is 12.6 Å². The molecule has 0 aliphatic carbocycles. The Morgan fingerprint density at radius 1 is 1.11 bits per heavy atom. The van der Waals surface area contributed by atoms with Crippen molar-refractivity contribution in [3.63, 3.8) is 0 Å². The fourth-order valence-corrected chi connectivity index (χ4v) is 5.72. The van der Waals surface area contributed by atoms with E-state index in [1.807, 2.05) is 16.8 Å². The molecule has 4 aromatic rings. The average Bonchev–Trinajstić information content (AvgIpc) is 3.60. The van der Waals surface area contributed by atoms with Gasteiger partial charge in [0, 0.05) is 23.6 Å². The predicted octanol–water partition coefficient (Wildman–Crippen LogP) is 6.16. The molecule has 2 saturated heterocycles. The Morgan fingerprint density at radius 3 is 2.73 bits per heavy atom. The van der Waals surface area contributed by atoms with Crippen LogP contribution in [0.3, 0.4) is 0 Å². The van der Waals surface area contributed by atoms with Crippen LogP contribution in [0.5, 0.6) is 5.75 Å². The van der Waals surface area contributed by atoms with Crippen LogP contribution in [0.4, 0.5) is 0 Å². The third kappa shape index (κ3) is 4.69. The molecule has 0 amide bonds. The van der Waals surface area contributed by atoms with Crippen LogP contribution < -0.4 is 10.1 Å². The maximum atomic E-state index is 11.7. The maximum absolute atomic E-state index is 11.7. The normalized spacial score (nSPS) is 20.9. The van der Waals surface area contributed by atoms with Crippen LogP contribution in [0, 0.1) is 0 Å². The topological polar surface area (TPSA) is 85.6 Å². The number of nitrogens with zero attached hydrogens (tertiary/aromatic N) is 2. The van der Waals surface area contributed by atoms with Crippen LogP contribution in [0.25, 0.3) is 32.9 Å². The van der Waals surface area contributed by atoms with Gasteiger partial charge >= 0.3 is 5.97 Å². The van der Waals surface area contributed by atoms with Crippen molar-refractivity contribution in [3.05, 3.63) is 60.2 Å². The second kappa shape index (κ2) is 10.1. The van der Waals surface area contributed by atoms with E-state index in [0.717, 1.165) is 77.3 Å². The number of carbonyl (C=O) groups is 1. The van der Waals surface area contributed by atoms with Crippen molar-refractivity contribution >= 4 is 27.6 Å². The summed E-state index contributed by atoms with van der Waals surface area (Å²) in [5.74, 6) is -0.0604. The van der Waals surface area contributed by atoms with Gasteiger partial charge in [0.25, 0.3) is 0 Å². The van der Waals surface area contributed by atoms with E-state index in [1.165, 1.54) is 6.42 Å². The third-order valence-corrected chi connectivity index (χ3v) is 7.70. The zero-order chi connectivity index (χ0) is 25.4. The predicted molar refractivity (Wildman–Crippen MR) is 144 cm³/mol. The Labute approximate surface area is 216 Å². The monoisotopic (exact) mass is 499 g/mol. The third-order valence-electron chi connectivity index (χ3n) is 7.70. The number of carboxylic acids is 1. The van der Waals surface area contributed by atoms with E-state index in [2.05, 4.69) is 42.6 Å². The van der Waals surface area contributed by atoms with Gasteiger partial charge in [0.05, 0.1) is 11.1 Å². The number of fused-ring (bicyclic) bond motifs is 2. The Morgan fingerprint density at radius 2 is 1.97 bits per heavy atom. The Bertz CT molecular complexity index is 1430. The lowest BCUT2D eigenvalue weighted by atomic mass is 10.0. The first kappa shape index (κ1) is 23.9. The van der Waals surface area contributed by atoms with Crippen LogP contribution in [-0.2, 0) is 4.74 Å². The lowest BCUT2D eigenvalue weighted by molar-refractivity contribution is -0.0365. The molecule has 7 heteroatoms. The van der Waals surface area contributed by atoms with Crippen molar-refractivity contribution in [1.82, 2.24) is 15.1 Å². The molecule has 0 saturated carbocycles. The largest absolute Gasteiger partial charge is 0.489 e. The van der Waals surface area contributed by atoms with E-state index in [-0.39, 0.29) is 17.9 Å². The molecule has 2 fully saturated rings. The van der Waals surface area contributed by atoms with Gasteiger partial charge in [0.2, 0.25) is 0 Å². The highest BCUT2D eigenvalue weighted by atomic mass is 16.5. The van der Waals surface area contributed by atoms with E-state index >= 15 is 0 Å². The molecule has 3 heterocycles. The minimum Gasteiger partial charge on any atom is -0.489 e. The number of rotatable bonds is 7. The summed E-state index contributed by atoms with van der Waals surface area (Å²) in [5.41, 5.74) is 2.86. The van der Waals surface area contributed by atoms with Crippen LogP contribution >= 0.6 is 0 Å². The van der Waals surface area contributed by atoms with Crippen molar-refractivity contribution in [2.75, 3.05) is 13.2 Å². The summed E-state index contributed by atoms with van der Waals surface area (Å²) < 4.78 is 14.3. The highest BCUT2D eigenvalue weighted by Crippen LogP contribution is 2.35. The van der Waals surface area contributed by atoms with E-state index < -0.39 is 5.97 Å². The van der Waals surface area contributed by atoms with Gasteiger partial charge in [-0.15, -0.1) is 0 Å². The Hall–Kier alpha value is -3.42. The van der Waals surface area contributed by atoms with Crippen molar-refractivity contribution in [2.45, 2.75) is 63.8 Å². The molecule has 0 radical (unpaired) electrons. The Kier molecular flexibility index (Phi) is 6.57. The Balaban J connectivity index is 1.36. The van der Waals surface area contributed by atoms with E-state index in [1.54, 1.807) is 12.1 Å². The number of hydrogen-bond acceptors (Lipinski definition) is 5. The molecule has 0 spiro atoms. The van der Waals surface area contributed by atoms with Gasteiger partial charge < -0.3 is 19.9 Å². The highest BCUT2D eigenvalue weighted by molar-refractivity contribution is 6.00. The van der Waals surface area contributed by atoms with Gasteiger partial charge in [-0.2, -0.15) is 5.10 Å². The zero-order valence-electron chi connectivity index (χ0n) is 21.2. The number of aromatic carboxylic acids is 1. The minimum absolute atomic E-state index is 0.137. The summed E-state index contributed by atoms with van der Waals surface area (Å²) in [5, 5.41) is 21.1. The number of benzene rings is 3. The number of ether oxygens (including phenoxy) is 2. The molecule has 6 rings (SSSR count). The number of carboxylic acid groups (broad SMARTS) is 1. The number of hydrogen-bond donors (Lipinski definition) is 2. The molecule has 37 heavy (non-hydrogen) atoms. The van der Waals surface area contributed by atoms with Gasteiger partial charge in [-0.25, -0.2) is 9.48 Å². The molecule has 3 atom stereocenters. The minimum atomic E-state index is -0.946. The van der Waals surface area contributed by atoms with Gasteiger partial charge in [0.1, 0.15) is 17.5 Å². The first-order valence-corrected chi connectivity index (χ1v) is 13.4. The second-order valence-electron chi connectivity index (χ2n) is 10.1. The molecular weight excluding hydrogens is 466 g/mol. The summed E-state index contributed by atoms with van der Waals surface area (Å²) in [4.78, 5) is 11.7. The molecular formula is C30H33N3O4. The first-order valence-electron chi connectivity index (χ1n) is 13.4. The van der Waals surface area contributed by atoms with Crippen LogP contribution in [-0.4, -0.2) is 46.2 Å². The summed E-state index contributed by atoms with van der Waals surface area (Å²) in [7, 11) is 0. The molecule has 2 aliphatic heterocycles. The summed E-state index contributed by atoms with van der Waals surface area (Å²) >= 11 is 0. The van der Waals surface area contributed by atoms with Gasteiger partial charge in [-0.1, -0.05) is 25.1 Å². The molecule has 2 aliphatic rings. The maximum Gasteiger partial charge on any atom is 0.335 e. The van der Waals surface area contributed by atoms with Gasteiger partial charge in [0.15, 0.2) is 6.23 Å². The van der Waals surface area contributed by atoms with Crippen molar-refractivity contribution < 1.29 is 19.4 Å². The lowest BCUT2D eigenvalue weighted by Crippen LogP contribution is -2.38.